The van der Waals surface area contributed by atoms with Crippen LogP contribution in [0.2, 0.25) is 5.02 Å². The second-order valence-electron chi connectivity index (χ2n) is 8.68. The van der Waals surface area contributed by atoms with Gasteiger partial charge in [0.1, 0.15) is 23.5 Å². The van der Waals surface area contributed by atoms with Crippen molar-refractivity contribution >= 4 is 27.6 Å². The molecule has 1 aliphatic rings. The van der Waals surface area contributed by atoms with Crippen molar-refractivity contribution < 1.29 is 27.7 Å². The molecule has 0 amide bonds. The monoisotopic (exact) mass is 568 g/mol. The Morgan fingerprint density at radius 3 is 2.26 bits per heavy atom. The fourth-order valence-corrected chi connectivity index (χ4v) is 5.66. The molecule has 0 bridgehead atoms. The summed E-state index contributed by atoms with van der Waals surface area (Å²) in [7, 11) is -0.00443. The molecular formula is C22H29ClN8O6S. The van der Waals surface area contributed by atoms with E-state index in [9.17, 15) is 13.5 Å². The fraction of sp³-hybridized carbons (Fsp3) is 0.545. The second kappa shape index (κ2) is 11.7. The summed E-state index contributed by atoms with van der Waals surface area (Å²) < 4.78 is 47.4. The molecule has 2 unspecified atom stereocenters. The van der Waals surface area contributed by atoms with Crippen LogP contribution in [0.4, 0.5) is 5.95 Å². The van der Waals surface area contributed by atoms with Gasteiger partial charge in [0.25, 0.3) is 0 Å². The molecule has 14 nitrogen and oxygen atoms in total. The van der Waals surface area contributed by atoms with E-state index in [1.165, 1.54) is 51.5 Å². The van der Waals surface area contributed by atoms with Gasteiger partial charge in [-0.1, -0.05) is 24.4 Å². The van der Waals surface area contributed by atoms with Gasteiger partial charge in [0, 0.05) is 25.4 Å². The summed E-state index contributed by atoms with van der Waals surface area (Å²) in [6, 6.07) is 0. The maximum absolute atomic E-state index is 13.6. The average Bonchev–Trinajstić information content (AvgIpc) is 3.31. The number of nitrogens with one attached hydrogen (secondary N) is 1. The van der Waals surface area contributed by atoms with Crippen LogP contribution in [0.25, 0.3) is 5.69 Å². The molecule has 3 aromatic rings. The predicted molar refractivity (Wildman–Crippen MR) is 136 cm³/mol. The van der Waals surface area contributed by atoms with E-state index in [1.807, 2.05) is 0 Å². The maximum atomic E-state index is 13.6. The summed E-state index contributed by atoms with van der Waals surface area (Å²) in [5.41, 5.74) is 0.185. The zero-order valence-electron chi connectivity index (χ0n) is 21.3. The number of hydrogen-bond acceptors (Lipinski definition) is 12. The Kier molecular flexibility index (Phi) is 8.60. The van der Waals surface area contributed by atoms with Crippen LogP contribution in [0.5, 0.6) is 11.8 Å². The highest BCUT2D eigenvalue weighted by molar-refractivity contribution is 7.93. The molecule has 16 heteroatoms. The Hall–Kier alpha value is -3.14. The van der Waals surface area contributed by atoms with Crippen LogP contribution in [0, 0.1) is 0 Å². The number of aliphatic hydroxyl groups is 1. The minimum Gasteiger partial charge on any atom is -0.479 e. The summed E-state index contributed by atoms with van der Waals surface area (Å²) in [5, 5.41) is 18.3. The van der Waals surface area contributed by atoms with Gasteiger partial charge in [-0.3, -0.25) is 9.29 Å². The molecule has 38 heavy (non-hydrogen) atoms. The lowest BCUT2D eigenvalue weighted by Gasteiger charge is -2.28. The Bertz CT molecular complexity index is 1330. The van der Waals surface area contributed by atoms with Crippen molar-refractivity contribution in [1.82, 2.24) is 34.7 Å². The SMILES string of the molecule is COc1ncnc(OC)c1-n1c(NS(=O)(=O)C(C)C(OC)c2ncc(Cl)cn2)nnc1[C@H]1CCCC[C@@H]1O. The summed E-state index contributed by atoms with van der Waals surface area (Å²) >= 11 is 5.88. The molecule has 3 heterocycles. The van der Waals surface area contributed by atoms with Gasteiger partial charge in [0.05, 0.1) is 25.3 Å². The number of nitrogens with zero attached hydrogens (tertiary/aromatic N) is 7. The molecule has 0 aromatic carbocycles. The van der Waals surface area contributed by atoms with Crippen molar-refractivity contribution in [3.63, 3.8) is 0 Å². The van der Waals surface area contributed by atoms with E-state index >= 15 is 0 Å². The highest BCUT2D eigenvalue weighted by atomic mass is 35.5. The van der Waals surface area contributed by atoms with E-state index in [2.05, 4.69) is 34.9 Å². The summed E-state index contributed by atoms with van der Waals surface area (Å²) in [5.74, 6) is 0.0704. The first-order valence-electron chi connectivity index (χ1n) is 11.8. The molecule has 3 aromatic heterocycles. The van der Waals surface area contributed by atoms with Gasteiger partial charge in [-0.15, -0.1) is 10.2 Å². The molecule has 1 aliphatic carbocycles. The van der Waals surface area contributed by atoms with Crippen molar-refractivity contribution in [3.05, 3.63) is 35.4 Å². The van der Waals surface area contributed by atoms with E-state index in [4.69, 9.17) is 25.8 Å². The van der Waals surface area contributed by atoms with Gasteiger partial charge in [-0.25, -0.2) is 18.4 Å². The molecule has 0 radical (unpaired) electrons. The largest absolute Gasteiger partial charge is 0.479 e. The lowest BCUT2D eigenvalue weighted by Crippen LogP contribution is -2.33. The molecule has 0 aliphatic heterocycles. The van der Waals surface area contributed by atoms with Gasteiger partial charge >= 0.3 is 0 Å². The normalized spacial score (nSPS) is 19.5. The highest BCUT2D eigenvalue weighted by Gasteiger charge is 2.37. The first-order valence-corrected chi connectivity index (χ1v) is 13.7. The van der Waals surface area contributed by atoms with E-state index in [0.717, 1.165) is 12.8 Å². The third-order valence-electron chi connectivity index (χ3n) is 6.41. The molecule has 1 fully saturated rings. The van der Waals surface area contributed by atoms with Crippen LogP contribution >= 0.6 is 11.6 Å². The zero-order valence-corrected chi connectivity index (χ0v) is 22.8. The average molecular weight is 569 g/mol. The molecule has 206 valence electrons. The fourth-order valence-electron chi connectivity index (χ4n) is 4.43. The van der Waals surface area contributed by atoms with Gasteiger partial charge in [0.2, 0.25) is 27.7 Å². The van der Waals surface area contributed by atoms with Crippen molar-refractivity contribution in [3.8, 4) is 17.4 Å². The van der Waals surface area contributed by atoms with E-state index in [1.54, 1.807) is 0 Å². The smallest absolute Gasteiger partial charge is 0.245 e. The van der Waals surface area contributed by atoms with Crippen molar-refractivity contribution in [2.75, 3.05) is 26.1 Å². The number of rotatable bonds is 10. The Balaban J connectivity index is 1.80. The van der Waals surface area contributed by atoms with Crippen LogP contribution in [0.3, 0.4) is 0 Å². The first kappa shape index (κ1) is 27.9. The van der Waals surface area contributed by atoms with Crippen LogP contribution in [0.1, 0.15) is 56.3 Å². The molecule has 4 atom stereocenters. The van der Waals surface area contributed by atoms with Crippen LogP contribution in [0.15, 0.2) is 18.7 Å². The van der Waals surface area contributed by atoms with Crippen molar-refractivity contribution in [1.29, 1.82) is 0 Å². The number of aromatic nitrogens is 7. The molecule has 0 spiro atoms. The lowest BCUT2D eigenvalue weighted by molar-refractivity contribution is 0.0950. The minimum atomic E-state index is -4.18. The minimum absolute atomic E-state index is 0.0982. The Morgan fingerprint density at radius 1 is 1.05 bits per heavy atom. The van der Waals surface area contributed by atoms with E-state index in [0.29, 0.717) is 23.7 Å². The predicted octanol–water partition coefficient (Wildman–Crippen LogP) is 2.05. The summed E-state index contributed by atoms with van der Waals surface area (Å²) in [6.07, 6.45) is 5.18. The molecule has 1 saturated carbocycles. The number of sulfonamides is 1. The standard InChI is InChI=1S/C22H29ClN8O6S/c1-12(17(35-2)18-24-9-13(23)10-25-18)38(33,34)30-22-29-28-19(14-7-5-6-8-15(14)32)31(22)16-20(36-3)26-11-27-21(16)37-4/h9-12,14-15,17,32H,5-8H2,1-4H3,(H,29,30)/t12?,14-,15-,17?/m0/s1. The number of halogens is 1. The van der Waals surface area contributed by atoms with Crippen LogP contribution < -0.4 is 14.2 Å². The third-order valence-corrected chi connectivity index (χ3v) is 8.30. The number of aliphatic hydroxyl groups excluding tert-OH is 1. The number of ether oxygens (including phenoxy) is 3. The molecular weight excluding hydrogens is 540 g/mol. The number of anilines is 1. The van der Waals surface area contributed by atoms with Gasteiger partial charge in [-0.05, 0) is 19.8 Å². The first-order chi connectivity index (χ1) is 18.2. The second-order valence-corrected chi connectivity index (χ2v) is 11.2. The Labute approximate surface area is 224 Å². The van der Waals surface area contributed by atoms with Crippen LogP contribution in [-0.4, -0.2) is 80.9 Å². The zero-order chi connectivity index (χ0) is 27.4. The lowest BCUT2D eigenvalue weighted by atomic mass is 9.86. The molecule has 0 saturated heterocycles. The van der Waals surface area contributed by atoms with E-state index in [-0.39, 0.29) is 29.2 Å². The van der Waals surface area contributed by atoms with E-state index < -0.39 is 33.4 Å². The Morgan fingerprint density at radius 2 is 1.68 bits per heavy atom. The summed E-state index contributed by atoms with van der Waals surface area (Å²) in [6.45, 7) is 1.45. The third kappa shape index (κ3) is 5.50. The highest BCUT2D eigenvalue weighted by Crippen LogP contribution is 2.39. The molecule has 2 N–H and O–H groups in total. The number of hydrogen-bond donors (Lipinski definition) is 2. The molecule has 4 rings (SSSR count). The van der Waals surface area contributed by atoms with Gasteiger partial charge < -0.3 is 19.3 Å². The topological polar surface area (TPSA) is 176 Å². The van der Waals surface area contributed by atoms with Crippen molar-refractivity contribution in [2.24, 2.45) is 0 Å². The van der Waals surface area contributed by atoms with Gasteiger partial charge in [0.15, 0.2) is 11.5 Å². The quantitative estimate of drug-likeness (QED) is 0.364. The van der Waals surface area contributed by atoms with Gasteiger partial charge in [-0.2, -0.15) is 9.97 Å². The number of methoxy groups -OCH3 is 3. The maximum Gasteiger partial charge on any atom is 0.245 e. The van der Waals surface area contributed by atoms with Crippen molar-refractivity contribution in [2.45, 2.75) is 56.0 Å². The summed E-state index contributed by atoms with van der Waals surface area (Å²) in [4.78, 5) is 16.5. The van der Waals surface area contributed by atoms with Crippen LogP contribution in [-0.2, 0) is 14.8 Å².